The number of hydrogen-bond donors (Lipinski definition) is 1. The number of carboxylic acids is 1. The predicted molar refractivity (Wildman–Crippen MR) is 85.1 cm³/mol. The van der Waals surface area contributed by atoms with Crippen LogP contribution in [-0.4, -0.2) is 59.0 Å². The second-order valence-corrected chi connectivity index (χ2v) is 6.12. The summed E-state index contributed by atoms with van der Waals surface area (Å²) in [6.07, 6.45) is 0. The third-order valence-corrected chi connectivity index (χ3v) is 4.33. The zero-order valence-corrected chi connectivity index (χ0v) is 13.5. The number of nitrogens with zero attached hydrogens (tertiary/aromatic N) is 2. The zero-order valence-electron chi connectivity index (χ0n) is 13.5. The third-order valence-electron chi connectivity index (χ3n) is 4.33. The molecule has 0 aromatic heterocycles. The van der Waals surface area contributed by atoms with Crippen LogP contribution in [0.25, 0.3) is 0 Å². The Kier molecular flexibility index (Phi) is 5.19. The third kappa shape index (κ3) is 3.65. The van der Waals surface area contributed by atoms with Gasteiger partial charge in [-0.3, -0.25) is 14.5 Å². The van der Waals surface area contributed by atoms with E-state index in [4.69, 9.17) is 5.11 Å². The van der Waals surface area contributed by atoms with Crippen LogP contribution < -0.4 is 0 Å². The molecule has 0 unspecified atom stereocenters. The molecule has 1 saturated heterocycles. The second-order valence-electron chi connectivity index (χ2n) is 6.12. The van der Waals surface area contributed by atoms with Gasteiger partial charge in [0.25, 0.3) is 5.91 Å². The maximum atomic E-state index is 12.5. The van der Waals surface area contributed by atoms with Crippen molar-refractivity contribution in [3.63, 3.8) is 0 Å². The first-order chi connectivity index (χ1) is 10.4. The monoisotopic (exact) mass is 304 g/mol. The molecular weight excluding hydrogens is 280 g/mol. The maximum absolute atomic E-state index is 12.5. The molecule has 1 atom stereocenters. The number of amides is 1. The van der Waals surface area contributed by atoms with Crippen LogP contribution in [0.5, 0.6) is 0 Å². The van der Waals surface area contributed by atoms with E-state index in [-0.39, 0.29) is 5.91 Å². The Labute approximate surface area is 131 Å². The Balaban J connectivity index is 1.96. The molecule has 1 N–H and O–H groups in total. The fourth-order valence-electron chi connectivity index (χ4n) is 2.66. The number of carboxylic acid groups (broad SMARTS) is 1. The van der Waals surface area contributed by atoms with Crippen LogP contribution in [-0.2, 0) is 4.79 Å². The van der Waals surface area contributed by atoms with Gasteiger partial charge in [0.1, 0.15) is 6.04 Å². The summed E-state index contributed by atoms with van der Waals surface area (Å²) in [5, 5.41) is 9.04. The summed E-state index contributed by atoms with van der Waals surface area (Å²) in [7, 11) is 0. The summed E-state index contributed by atoms with van der Waals surface area (Å²) in [5.74, 6) is -0.341. The Morgan fingerprint density at radius 3 is 2.00 bits per heavy atom. The second kappa shape index (κ2) is 6.92. The molecule has 1 aromatic rings. The van der Waals surface area contributed by atoms with Gasteiger partial charge in [0, 0.05) is 31.7 Å². The van der Waals surface area contributed by atoms with Crippen molar-refractivity contribution in [3.05, 3.63) is 35.4 Å². The molecule has 0 aliphatic carbocycles. The lowest BCUT2D eigenvalue weighted by Gasteiger charge is -2.36. The first-order valence-corrected chi connectivity index (χ1v) is 7.76. The lowest BCUT2D eigenvalue weighted by molar-refractivity contribution is -0.143. The van der Waals surface area contributed by atoms with Crippen LogP contribution in [0, 0.1) is 0 Å². The van der Waals surface area contributed by atoms with Gasteiger partial charge in [-0.25, -0.2) is 0 Å². The van der Waals surface area contributed by atoms with E-state index in [1.165, 1.54) is 5.56 Å². The molecule has 1 amide bonds. The molecule has 5 nitrogen and oxygen atoms in total. The van der Waals surface area contributed by atoms with Gasteiger partial charge in [0.05, 0.1) is 0 Å². The molecule has 0 radical (unpaired) electrons. The molecule has 1 fully saturated rings. The first-order valence-electron chi connectivity index (χ1n) is 7.76. The largest absolute Gasteiger partial charge is 0.480 e. The van der Waals surface area contributed by atoms with Crippen LogP contribution in [0.15, 0.2) is 24.3 Å². The summed E-state index contributed by atoms with van der Waals surface area (Å²) in [4.78, 5) is 27.2. The van der Waals surface area contributed by atoms with Gasteiger partial charge >= 0.3 is 5.97 Å². The van der Waals surface area contributed by atoms with E-state index < -0.39 is 12.0 Å². The van der Waals surface area contributed by atoms with Crippen molar-refractivity contribution in [1.82, 2.24) is 9.80 Å². The van der Waals surface area contributed by atoms with Gasteiger partial charge in [-0.2, -0.15) is 0 Å². The predicted octanol–water partition coefficient (Wildman–Crippen LogP) is 2.04. The van der Waals surface area contributed by atoms with Crippen LogP contribution in [0.2, 0.25) is 0 Å². The van der Waals surface area contributed by atoms with Crippen LogP contribution >= 0.6 is 0 Å². The van der Waals surface area contributed by atoms with Crippen molar-refractivity contribution < 1.29 is 14.7 Å². The highest BCUT2D eigenvalue weighted by Crippen LogP contribution is 2.16. The van der Waals surface area contributed by atoms with E-state index in [1.54, 1.807) is 11.8 Å². The molecule has 5 heteroatoms. The van der Waals surface area contributed by atoms with Gasteiger partial charge in [-0.1, -0.05) is 26.0 Å². The number of hydrogen-bond acceptors (Lipinski definition) is 3. The van der Waals surface area contributed by atoms with Crippen LogP contribution in [0.4, 0.5) is 0 Å². The molecule has 1 aliphatic rings. The van der Waals surface area contributed by atoms with E-state index in [1.807, 2.05) is 29.2 Å². The molecule has 120 valence electrons. The van der Waals surface area contributed by atoms with Crippen molar-refractivity contribution in [1.29, 1.82) is 0 Å². The van der Waals surface area contributed by atoms with E-state index >= 15 is 0 Å². The van der Waals surface area contributed by atoms with Crippen LogP contribution in [0.1, 0.15) is 42.6 Å². The Hall–Kier alpha value is -1.88. The van der Waals surface area contributed by atoms with E-state index in [0.717, 1.165) is 0 Å². The number of benzene rings is 1. The van der Waals surface area contributed by atoms with Gasteiger partial charge in [-0.05, 0) is 30.5 Å². The topological polar surface area (TPSA) is 60.9 Å². The molecule has 1 aliphatic heterocycles. The standard InChI is InChI=1S/C17H24N2O3/c1-12(2)14-4-6-15(7-5-14)16(20)19-10-8-18(9-11-19)13(3)17(21)22/h4-7,12-13H,8-11H2,1-3H3,(H,21,22)/t13-/m0/s1. The fourth-order valence-corrected chi connectivity index (χ4v) is 2.66. The zero-order chi connectivity index (χ0) is 16.3. The molecule has 2 rings (SSSR count). The fraction of sp³-hybridized carbons (Fsp3) is 0.529. The molecular formula is C17H24N2O3. The van der Waals surface area contributed by atoms with E-state index in [2.05, 4.69) is 13.8 Å². The minimum Gasteiger partial charge on any atom is -0.480 e. The Bertz CT molecular complexity index is 531. The highest BCUT2D eigenvalue weighted by atomic mass is 16.4. The number of piperazine rings is 1. The number of aliphatic carboxylic acids is 1. The minimum absolute atomic E-state index is 0.0259. The van der Waals surface area contributed by atoms with Crippen molar-refractivity contribution in [2.75, 3.05) is 26.2 Å². The molecule has 22 heavy (non-hydrogen) atoms. The van der Waals surface area contributed by atoms with Gasteiger partial charge in [0.15, 0.2) is 0 Å². The number of rotatable bonds is 4. The summed E-state index contributed by atoms with van der Waals surface area (Å²) < 4.78 is 0. The quantitative estimate of drug-likeness (QED) is 0.925. The normalized spacial score (nSPS) is 17.5. The SMILES string of the molecule is CC(C)c1ccc(C(=O)N2CCN([C@@H](C)C(=O)O)CC2)cc1. The van der Waals surface area contributed by atoms with E-state index in [9.17, 15) is 9.59 Å². The first kappa shape index (κ1) is 16.5. The average Bonchev–Trinajstić information content (AvgIpc) is 2.53. The average molecular weight is 304 g/mol. The highest BCUT2D eigenvalue weighted by molar-refractivity contribution is 5.94. The van der Waals surface area contributed by atoms with E-state index in [0.29, 0.717) is 37.7 Å². The lowest BCUT2D eigenvalue weighted by atomic mass is 10.0. The number of carbonyl (C=O) groups is 2. The minimum atomic E-state index is -0.816. The highest BCUT2D eigenvalue weighted by Gasteiger charge is 2.27. The van der Waals surface area contributed by atoms with Crippen molar-refractivity contribution in [2.45, 2.75) is 32.7 Å². The van der Waals surface area contributed by atoms with Gasteiger partial charge in [-0.15, -0.1) is 0 Å². The summed E-state index contributed by atoms with van der Waals surface area (Å²) >= 11 is 0. The maximum Gasteiger partial charge on any atom is 0.320 e. The Morgan fingerprint density at radius 1 is 1.00 bits per heavy atom. The lowest BCUT2D eigenvalue weighted by Crippen LogP contribution is -2.53. The molecule has 0 bridgehead atoms. The smallest absolute Gasteiger partial charge is 0.320 e. The molecule has 0 saturated carbocycles. The van der Waals surface area contributed by atoms with Crippen molar-refractivity contribution in [2.24, 2.45) is 0 Å². The molecule has 1 aromatic carbocycles. The van der Waals surface area contributed by atoms with Gasteiger partial charge in [0.2, 0.25) is 0 Å². The van der Waals surface area contributed by atoms with Gasteiger partial charge < -0.3 is 10.0 Å². The summed E-state index contributed by atoms with van der Waals surface area (Å²) in [6, 6.07) is 7.26. The summed E-state index contributed by atoms with van der Waals surface area (Å²) in [5.41, 5.74) is 1.92. The van der Waals surface area contributed by atoms with Crippen molar-refractivity contribution >= 4 is 11.9 Å². The Morgan fingerprint density at radius 2 is 1.55 bits per heavy atom. The number of carbonyl (C=O) groups excluding carboxylic acids is 1. The summed E-state index contributed by atoms with van der Waals surface area (Å²) in [6.45, 7) is 8.28. The molecule has 0 spiro atoms. The van der Waals surface area contributed by atoms with Crippen LogP contribution in [0.3, 0.4) is 0 Å². The molecule has 1 heterocycles. The van der Waals surface area contributed by atoms with Crippen molar-refractivity contribution in [3.8, 4) is 0 Å².